The van der Waals surface area contributed by atoms with Crippen LogP contribution in [-0.4, -0.2) is 0 Å². The van der Waals surface area contributed by atoms with Crippen molar-refractivity contribution in [2.24, 2.45) is 0 Å². The second kappa shape index (κ2) is 17.9. The van der Waals surface area contributed by atoms with Gasteiger partial charge in [-0.2, -0.15) is 0 Å². The highest BCUT2D eigenvalue weighted by Gasteiger charge is 2.18. The molecule has 0 saturated heterocycles. The molecule has 0 aromatic heterocycles. The summed E-state index contributed by atoms with van der Waals surface area (Å²) in [4.78, 5) is 0. The molecule has 2 nitrogen and oxygen atoms in total. The van der Waals surface area contributed by atoms with Gasteiger partial charge in [0.05, 0.1) is 0 Å². The predicted molar refractivity (Wildman–Crippen MR) is 247 cm³/mol. The Kier molecular flexibility index (Phi) is 14.0. The van der Waals surface area contributed by atoms with Gasteiger partial charge in [0.15, 0.2) is 0 Å². The average molecular weight is 796 g/mol. The average Bonchev–Trinajstić information content (AvgIpc) is 3.12. The Hall–Kier alpha value is -4.60. The lowest BCUT2D eigenvalue weighted by atomic mass is 9.85. The molecule has 0 saturated carbocycles. The smallest absolute Gasteiger partial charge is 0.0464 e. The van der Waals surface area contributed by atoms with E-state index in [1.807, 2.05) is 24.3 Å². The van der Waals surface area contributed by atoms with Crippen LogP contribution in [0.2, 0.25) is 0 Å². The number of halogens is 1. The number of anilines is 3. The number of hydrogen-bond acceptors (Lipinski definition) is 2. The minimum Gasteiger partial charge on any atom is -0.398 e. The summed E-state index contributed by atoms with van der Waals surface area (Å²) in [5.41, 5.74) is 20.0. The van der Waals surface area contributed by atoms with Crippen LogP contribution in [0.25, 0.3) is 22.3 Å². The van der Waals surface area contributed by atoms with Crippen LogP contribution in [0.5, 0.6) is 0 Å². The molecule has 0 spiro atoms. The van der Waals surface area contributed by atoms with Crippen LogP contribution in [0.4, 0.5) is 17.1 Å². The Labute approximate surface area is 341 Å². The van der Waals surface area contributed by atoms with Crippen molar-refractivity contribution in [2.45, 2.75) is 105 Å². The standard InChI is InChI=1S/C26H31N.C16H19N.C10H13Br/c1-25(2,3)20-12-15-22(16-13-20)27-24-17-14-21(26(4,5)6)18-23(24)19-10-8-7-9-11-19;1-16(2,3)13-9-10-15(17)14(11-13)12-7-5-4-6-8-12;1-10(2,3)8-4-6-9(11)7-5-8/h7-18,27H,1-6H3;4-11H,17H2,1-3H3;4-7H,1-3H3. The van der Waals surface area contributed by atoms with Gasteiger partial charge >= 0.3 is 0 Å². The van der Waals surface area contributed by atoms with Crippen LogP contribution in [0, 0.1) is 0 Å². The summed E-state index contributed by atoms with van der Waals surface area (Å²) < 4.78 is 1.14. The highest BCUT2D eigenvalue weighted by molar-refractivity contribution is 9.10. The van der Waals surface area contributed by atoms with Gasteiger partial charge in [-0.3, -0.25) is 0 Å². The summed E-state index contributed by atoms with van der Waals surface area (Å²) in [6, 6.07) is 51.2. The van der Waals surface area contributed by atoms with Gasteiger partial charge < -0.3 is 11.1 Å². The van der Waals surface area contributed by atoms with Gasteiger partial charge in [0.25, 0.3) is 0 Å². The van der Waals surface area contributed by atoms with E-state index in [1.54, 1.807) is 0 Å². The fraction of sp³-hybridized carbons (Fsp3) is 0.308. The molecule has 0 amide bonds. The van der Waals surface area contributed by atoms with Crippen LogP contribution in [0.15, 0.2) is 150 Å². The SMILES string of the molecule is CC(C)(C)c1ccc(Br)cc1.CC(C)(C)c1ccc(N)c(-c2ccccc2)c1.CC(C)(C)c1ccc(Nc2ccc(C(C)(C)C)cc2-c2ccccc2)cc1. The Morgan fingerprint density at radius 3 is 1.20 bits per heavy atom. The van der Waals surface area contributed by atoms with Gasteiger partial charge in [-0.25, -0.2) is 0 Å². The fourth-order valence-electron chi connectivity index (χ4n) is 6.03. The van der Waals surface area contributed by atoms with E-state index in [2.05, 4.69) is 226 Å². The highest BCUT2D eigenvalue weighted by atomic mass is 79.9. The molecule has 55 heavy (non-hydrogen) atoms. The van der Waals surface area contributed by atoms with Gasteiger partial charge in [-0.15, -0.1) is 0 Å². The first-order valence-electron chi connectivity index (χ1n) is 19.4. The maximum Gasteiger partial charge on any atom is 0.0464 e. The second-order valence-electron chi connectivity index (χ2n) is 18.5. The third-order valence-electron chi connectivity index (χ3n) is 9.71. The molecule has 0 aliphatic heterocycles. The third-order valence-corrected chi connectivity index (χ3v) is 10.2. The Balaban J connectivity index is 0.000000204. The minimum atomic E-state index is 0.121. The largest absolute Gasteiger partial charge is 0.398 e. The molecule has 6 aromatic rings. The summed E-state index contributed by atoms with van der Waals surface area (Å²) in [7, 11) is 0. The van der Waals surface area contributed by atoms with Crippen molar-refractivity contribution in [1.29, 1.82) is 0 Å². The van der Waals surface area contributed by atoms with Crippen molar-refractivity contribution in [3.63, 3.8) is 0 Å². The van der Waals surface area contributed by atoms with E-state index in [0.717, 1.165) is 27.1 Å². The molecule has 288 valence electrons. The molecule has 0 unspecified atom stereocenters. The molecule has 0 bridgehead atoms. The molecule has 0 aliphatic rings. The van der Waals surface area contributed by atoms with E-state index in [0.29, 0.717) is 0 Å². The summed E-state index contributed by atoms with van der Waals surface area (Å²) >= 11 is 3.41. The van der Waals surface area contributed by atoms with Gasteiger partial charge in [-0.05, 0) is 104 Å². The normalized spacial score (nSPS) is 11.8. The third kappa shape index (κ3) is 12.7. The van der Waals surface area contributed by atoms with Gasteiger partial charge in [0.2, 0.25) is 0 Å². The maximum atomic E-state index is 6.06. The van der Waals surface area contributed by atoms with Crippen LogP contribution in [-0.2, 0) is 21.7 Å². The molecule has 0 aliphatic carbocycles. The molecular weight excluding hydrogens is 732 g/mol. The highest BCUT2D eigenvalue weighted by Crippen LogP contribution is 2.36. The van der Waals surface area contributed by atoms with E-state index in [-0.39, 0.29) is 21.7 Å². The topological polar surface area (TPSA) is 38.0 Å². The van der Waals surface area contributed by atoms with Gasteiger partial charge in [0.1, 0.15) is 0 Å². The summed E-state index contributed by atoms with van der Waals surface area (Å²) in [5, 5.41) is 3.63. The molecule has 3 N–H and O–H groups in total. The zero-order chi connectivity index (χ0) is 40.6. The van der Waals surface area contributed by atoms with Crippen molar-refractivity contribution in [3.05, 3.63) is 172 Å². The number of hydrogen-bond donors (Lipinski definition) is 2. The van der Waals surface area contributed by atoms with Crippen LogP contribution >= 0.6 is 15.9 Å². The molecular formula is C52H63BrN2. The van der Waals surface area contributed by atoms with Crippen LogP contribution in [0.3, 0.4) is 0 Å². The molecule has 6 aromatic carbocycles. The van der Waals surface area contributed by atoms with Crippen LogP contribution < -0.4 is 11.1 Å². The molecule has 3 heteroatoms. The summed E-state index contributed by atoms with van der Waals surface area (Å²) in [6.07, 6.45) is 0. The maximum absolute atomic E-state index is 6.06. The Morgan fingerprint density at radius 2 is 0.764 bits per heavy atom. The van der Waals surface area contributed by atoms with Crippen molar-refractivity contribution in [1.82, 2.24) is 0 Å². The van der Waals surface area contributed by atoms with E-state index in [4.69, 9.17) is 5.73 Å². The second-order valence-corrected chi connectivity index (χ2v) is 19.4. The van der Waals surface area contributed by atoms with E-state index >= 15 is 0 Å². The van der Waals surface area contributed by atoms with Crippen molar-refractivity contribution in [3.8, 4) is 22.3 Å². The minimum absolute atomic E-state index is 0.121. The van der Waals surface area contributed by atoms with Crippen molar-refractivity contribution in [2.75, 3.05) is 11.1 Å². The van der Waals surface area contributed by atoms with E-state index < -0.39 is 0 Å². The number of nitrogen functional groups attached to an aromatic ring is 1. The molecule has 6 rings (SSSR count). The Bertz CT molecular complexity index is 2090. The Morgan fingerprint density at radius 1 is 0.400 bits per heavy atom. The monoisotopic (exact) mass is 794 g/mol. The quantitative estimate of drug-likeness (QED) is 0.174. The summed E-state index contributed by atoms with van der Waals surface area (Å²) in [5.74, 6) is 0. The van der Waals surface area contributed by atoms with Crippen molar-refractivity contribution >= 4 is 33.0 Å². The van der Waals surface area contributed by atoms with Crippen molar-refractivity contribution < 1.29 is 0 Å². The molecule has 0 atom stereocenters. The zero-order valence-electron chi connectivity index (χ0n) is 35.3. The first kappa shape index (κ1) is 43.1. The lowest BCUT2D eigenvalue weighted by Crippen LogP contribution is -2.11. The number of nitrogens with one attached hydrogen (secondary N) is 1. The fourth-order valence-corrected chi connectivity index (χ4v) is 6.29. The number of nitrogens with two attached hydrogens (primary N) is 1. The zero-order valence-corrected chi connectivity index (χ0v) is 36.9. The van der Waals surface area contributed by atoms with E-state index in [1.165, 1.54) is 38.9 Å². The molecule has 0 fully saturated rings. The summed E-state index contributed by atoms with van der Waals surface area (Å²) in [6.45, 7) is 26.8. The first-order valence-corrected chi connectivity index (χ1v) is 20.2. The lowest BCUT2D eigenvalue weighted by Gasteiger charge is -2.22. The van der Waals surface area contributed by atoms with Gasteiger partial charge in [0, 0.05) is 32.7 Å². The first-order chi connectivity index (χ1) is 25.6. The van der Waals surface area contributed by atoms with Gasteiger partial charge in [-0.1, -0.05) is 196 Å². The lowest BCUT2D eigenvalue weighted by molar-refractivity contribution is 0.590. The number of rotatable bonds is 4. The predicted octanol–water partition coefficient (Wildman–Crippen LogP) is 15.7. The van der Waals surface area contributed by atoms with E-state index in [9.17, 15) is 0 Å². The van der Waals surface area contributed by atoms with Crippen LogP contribution in [0.1, 0.15) is 105 Å². The molecule has 0 radical (unpaired) electrons. The number of benzene rings is 6. The molecule has 0 heterocycles.